The molecule has 14 heavy (non-hydrogen) atoms. The Bertz CT molecular complexity index is 258. The fraction of sp³-hybridized carbons (Fsp3) is 0.400. The Morgan fingerprint density at radius 2 is 2.29 bits per heavy atom. The molecule has 0 spiro atoms. The number of hydrogen-bond acceptors (Lipinski definition) is 1. The van der Waals surface area contributed by atoms with E-state index in [1.54, 1.807) is 12.1 Å². The second-order valence-electron chi connectivity index (χ2n) is 2.69. The number of benzene rings is 1. The molecule has 0 aliphatic rings. The molecule has 0 aliphatic carbocycles. The summed E-state index contributed by atoms with van der Waals surface area (Å²) >= 11 is 10.1. The molecule has 1 nitrogen and oxygen atoms in total. The molecule has 0 amide bonds. The van der Waals surface area contributed by atoms with Crippen LogP contribution in [0.4, 0.5) is 0 Å². The van der Waals surface area contributed by atoms with Crippen molar-refractivity contribution in [3.05, 3.63) is 29.3 Å². The molecule has 0 heterocycles. The van der Waals surface area contributed by atoms with Crippen LogP contribution in [0.5, 0.6) is 5.75 Å². The van der Waals surface area contributed by atoms with Crippen molar-refractivity contribution in [2.45, 2.75) is 26.4 Å². The van der Waals surface area contributed by atoms with E-state index in [0.717, 1.165) is 12.2 Å². The van der Waals surface area contributed by atoms with Crippen molar-refractivity contribution in [3.63, 3.8) is 0 Å². The minimum absolute atomic E-state index is 0.213. The summed E-state index contributed by atoms with van der Waals surface area (Å²) in [5.41, 5.74) is 0. The average molecular weight is 329 g/mol. The minimum atomic E-state index is 0.213. The van der Waals surface area contributed by atoms with Crippen molar-refractivity contribution >= 4 is 25.2 Å². The fourth-order valence-corrected chi connectivity index (χ4v) is 0.962. The second kappa shape index (κ2) is 8.70. The molecule has 74 valence electrons. The Morgan fingerprint density at radius 3 is 2.79 bits per heavy atom. The maximum absolute atomic E-state index is 5.87. The van der Waals surface area contributed by atoms with Crippen molar-refractivity contribution in [2.75, 3.05) is 0 Å². The summed E-state index contributed by atoms with van der Waals surface area (Å²) in [5, 5.41) is 0.623. The van der Waals surface area contributed by atoms with Crippen molar-refractivity contribution < 1.29 is 21.1 Å². The molecule has 0 aliphatic heterocycles. The van der Waals surface area contributed by atoms with Gasteiger partial charge >= 0.3 is 30.0 Å². The van der Waals surface area contributed by atoms with Crippen LogP contribution in [0.25, 0.3) is 0 Å². The first kappa shape index (κ1) is 14.4. The van der Waals surface area contributed by atoms with Gasteiger partial charge in [-0.2, -0.15) is 29.8 Å². The zero-order valence-corrected chi connectivity index (χ0v) is 13.7. The van der Waals surface area contributed by atoms with E-state index in [2.05, 4.69) is 26.6 Å². The van der Waals surface area contributed by atoms with E-state index in [0.29, 0.717) is 5.02 Å². The van der Waals surface area contributed by atoms with E-state index in [1.165, 1.54) is 16.3 Å². The van der Waals surface area contributed by atoms with E-state index >= 15 is 0 Å². The van der Waals surface area contributed by atoms with Crippen LogP contribution < -0.4 is 4.74 Å². The van der Waals surface area contributed by atoms with Gasteiger partial charge in [0.05, 0.1) is 6.10 Å². The predicted octanol–water partition coefficient (Wildman–Crippen LogP) is 4.16. The molecule has 0 N–H and O–H groups in total. The zero-order valence-electron chi connectivity index (χ0n) is 8.39. The van der Waals surface area contributed by atoms with Gasteiger partial charge in [-0.3, -0.25) is 0 Å². The molecular weight excluding hydrogens is 317 g/mol. The summed E-state index contributed by atoms with van der Waals surface area (Å²) in [6.07, 6.45) is 1.19. The SMILES string of the molecule is CCC(C)Oc1cc[c-]cc1Cl.[Zn+][Br]. The molecule has 0 saturated carbocycles. The third kappa shape index (κ3) is 5.33. The summed E-state index contributed by atoms with van der Waals surface area (Å²) in [7, 11) is 0. The summed E-state index contributed by atoms with van der Waals surface area (Å²) in [6.45, 7) is 4.10. The maximum atomic E-state index is 5.87. The van der Waals surface area contributed by atoms with Gasteiger partial charge in [-0.25, -0.2) is 0 Å². The Kier molecular flexibility index (Phi) is 8.96. The first-order chi connectivity index (χ1) is 6.74. The Labute approximate surface area is 107 Å². The quantitative estimate of drug-likeness (QED) is 0.598. The number of halogens is 2. The van der Waals surface area contributed by atoms with Crippen LogP contribution in [0.15, 0.2) is 18.2 Å². The van der Waals surface area contributed by atoms with Crippen LogP contribution >= 0.6 is 25.2 Å². The standard InChI is InChI=1S/C10H12ClO.BrH.Zn/c1-3-8(2)12-10-7-5-4-6-9(10)11;;/h5-8H,3H2,1-2H3;1H;/q-1;;+2/p-1. The van der Waals surface area contributed by atoms with Crippen LogP contribution in [0.1, 0.15) is 20.3 Å². The van der Waals surface area contributed by atoms with Crippen molar-refractivity contribution in [1.29, 1.82) is 0 Å². The molecule has 0 aromatic heterocycles. The van der Waals surface area contributed by atoms with Crippen LogP contribution in [0.2, 0.25) is 5.02 Å². The monoisotopic (exact) mass is 326 g/mol. The average Bonchev–Trinajstić information content (AvgIpc) is 2.24. The summed E-state index contributed by atoms with van der Waals surface area (Å²) in [6, 6.07) is 8.21. The van der Waals surface area contributed by atoms with Gasteiger partial charge in [0.15, 0.2) is 0 Å². The van der Waals surface area contributed by atoms with Gasteiger partial charge in [0, 0.05) is 5.75 Å². The molecule has 0 saturated heterocycles. The number of rotatable bonds is 3. The molecule has 1 aromatic rings. The molecule has 1 unspecified atom stereocenters. The molecule has 1 aromatic carbocycles. The van der Waals surface area contributed by atoms with Gasteiger partial charge in [-0.05, 0) is 18.4 Å². The Morgan fingerprint density at radius 1 is 1.64 bits per heavy atom. The van der Waals surface area contributed by atoms with Gasteiger partial charge in [-0.1, -0.05) is 6.92 Å². The molecule has 0 bridgehead atoms. The van der Waals surface area contributed by atoms with E-state index < -0.39 is 0 Å². The van der Waals surface area contributed by atoms with Gasteiger partial charge in [0.25, 0.3) is 0 Å². The van der Waals surface area contributed by atoms with Gasteiger partial charge in [0.2, 0.25) is 0 Å². The summed E-state index contributed by atoms with van der Waals surface area (Å²) < 4.78 is 5.54. The van der Waals surface area contributed by atoms with Gasteiger partial charge in [0.1, 0.15) is 0 Å². The van der Waals surface area contributed by atoms with Crippen molar-refractivity contribution in [3.8, 4) is 5.75 Å². The molecule has 0 fully saturated rings. The Hall–Kier alpha value is 0.413. The number of ether oxygens (including phenoxy) is 1. The zero-order chi connectivity index (χ0) is 11.0. The fourth-order valence-electron chi connectivity index (χ4n) is 0.791. The predicted molar refractivity (Wildman–Crippen MR) is 59.6 cm³/mol. The van der Waals surface area contributed by atoms with Crippen LogP contribution in [-0.2, 0) is 16.3 Å². The molecule has 4 heteroatoms. The first-order valence-corrected chi connectivity index (χ1v) is 11.7. The van der Waals surface area contributed by atoms with Gasteiger partial charge < -0.3 is 4.74 Å². The van der Waals surface area contributed by atoms with Crippen LogP contribution in [0.3, 0.4) is 0 Å². The summed E-state index contributed by atoms with van der Waals surface area (Å²) in [5.74, 6) is 0.741. The van der Waals surface area contributed by atoms with Crippen molar-refractivity contribution in [2.24, 2.45) is 0 Å². The normalized spacial score (nSPS) is 11.3. The van der Waals surface area contributed by atoms with Crippen LogP contribution in [0, 0.1) is 6.07 Å². The van der Waals surface area contributed by atoms with Crippen molar-refractivity contribution in [1.82, 2.24) is 0 Å². The van der Waals surface area contributed by atoms with E-state index in [1.807, 2.05) is 13.0 Å². The second-order valence-corrected chi connectivity index (χ2v) is 3.10. The van der Waals surface area contributed by atoms with E-state index in [-0.39, 0.29) is 6.10 Å². The molecule has 0 radical (unpaired) electrons. The van der Waals surface area contributed by atoms with E-state index in [4.69, 9.17) is 16.3 Å². The number of hydrogen-bond donors (Lipinski definition) is 0. The first-order valence-electron chi connectivity index (χ1n) is 4.33. The third-order valence-electron chi connectivity index (χ3n) is 1.68. The third-order valence-corrected chi connectivity index (χ3v) is 1.97. The molecule has 1 rings (SSSR count). The molecule has 1 atom stereocenters. The topological polar surface area (TPSA) is 9.23 Å². The Balaban J connectivity index is 0.000000791. The van der Waals surface area contributed by atoms with Gasteiger partial charge in [-0.15, -0.1) is 6.07 Å². The molecular formula is C10H12BrClOZn. The van der Waals surface area contributed by atoms with Crippen LogP contribution in [-0.4, -0.2) is 6.10 Å². The van der Waals surface area contributed by atoms with E-state index in [9.17, 15) is 0 Å². The summed E-state index contributed by atoms with van der Waals surface area (Å²) in [4.78, 5) is 0.